The van der Waals surface area contributed by atoms with Crippen LogP contribution in [0.5, 0.6) is 0 Å². The predicted octanol–water partition coefficient (Wildman–Crippen LogP) is 2.25. The highest BCUT2D eigenvalue weighted by Gasteiger charge is 2.13. The van der Waals surface area contributed by atoms with Crippen LogP contribution < -0.4 is 5.73 Å². The highest BCUT2D eigenvalue weighted by molar-refractivity contribution is 6.29. The minimum Gasteiger partial charge on any atom is -0.396 e. The normalized spacial score (nSPS) is 11.4. The Bertz CT molecular complexity index is 475. The van der Waals surface area contributed by atoms with Gasteiger partial charge in [0.05, 0.1) is 23.6 Å². The van der Waals surface area contributed by atoms with Crippen LogP contribution in [-0.4, -0.2) is 14.5 Å². The molecule has 4 nitrogen and oxygen atoms in total. The number of nitrogens with zero attached hydrogens (tertiary/aromatic N) is 3. The quantitative estimate of drug-likeness (QED) is 0.786. The van der Waals surface area contributed by atoms with E-state index in [2.05, 4.69) is 9.97 Å². The smallest absolute Gasteiger partial charge is 0.204 e. The molecule has 14 heavy (non-hydrogen) atoms. The van der Waals surface area contributed by atoms with Crippen molar-refractivity contribution in [2.45, 2.75) is 19.9 Å². The first kappa shape index (κ1) is 9.27. The fourth-order valence-corrected chi connectivity index (χ4v) is 1.89. The molecule has 2 rings (SSSR count). The lowest BCUT2D eigenvalue weighted by Gasteiger charge is -2.10. The molecule has 5 heteroatoms. The molecule has 0 bridgehead atoms. The van der Waals surface area contributed by atoms with Crippen molar-refractivity contribution >= 4 is 28.3 Å². The molecule has 2 aromatic heterocycles. The van der Waals surface area contributed by atoms with Crippen LogP contribution in [0, 0.1) is 0 Å². The van der Waals surface area contributed by atoms with Gasteiger partial charge in [-0.3, -0.25) is 4.98 Å². The summed E-state index contributed by atoms with van der Waals surface area (Å²) in [7, 11) is 0. The number of rotatable bonds is 1. The number of pyridine rings is 1. The van der Waals surface area contributed by atoms with Crippen molar-refractivity contribution in [3.05, 3.63) is 17.7 Å². The fraction of sp³-hybridized carbons (Fsp3) is 0.333. The van der Waals surface area contributed by atoms with Crippen molar-refractivity contribution < 1.29 is 0 Å². The SMILES string of the molecule is CC(C)n1c(Cl)nc2cncc(N)c21. The van der Waals surface area contributed by atoms with E-state index >= 15 is 0 Å². The number of imidazole rings is 1. The van der Waals surface area contributed by atoms with Crippen molar-refractivity contribution in [2.24, 2.45) is 0 Å². The molecule has 0 unspecified atom stereocenters. The van der Waals surface area contributed by atoms with Crippen LogP contribution in [-0.2, 0) is 0 Å². The molecule has 2 aromatic rings. The summed E-state index contributed by atoms with van der Waals surface area (Å²) in [6, 6.07) is 0.234. The number of fused-ring (bicyclic) bond motifs is 1. The van der Waals surface area contributed by atoms with E-state index in [1.165, 1.54) is 0 Å². The highest BCUT2D eigenvalue weighted by atomic mass is 35.5. The van der Waals surface area contributed by atoms with Gasteiger partial charge >= 0.3 is 0 Å². The standard InChI is InChI=1S/C9H11ClN4/c1-5(2)14-8-6(11)3-12-4-7(8)13-9(14)10/h3-5H,11H2,1-2H3. The number of nitrogen functional groups attached to an aromatic ring is 1. The van der Waals surface area contributed by atoms with Crippen LogP contribution >= 0.6 is 11.6 Å². The average Bonchev–Trinajstić information content (AvgIpc) is 2.42. The lowest BCUT2D eigenvalue weighted by atomic mass is 10.3. The Morgan fingerprint density at radius 2 is 2.14 bits per heavy atom. The molecule has 0 fully saturated rings. The van der Waals surface area contributed by atoms with Gasteiger partial charge in [0.2, 0.25) is 5.28 Å². The Kier molecular flexibility index (Phi) is 2.07. The van der Waals surface area contributed by atoms with Gasteiger partial charge in [-0.15, -0.1) is 0 Å². The number of hydrogen-bond donors (Lipinski definition) is 1. The van der Waals surface area contributed by atoms with Gasteiger partial charge in [0, 0.05) is 6.04 Å². The van der Waals surface area contributed by atoms with Gasteiger partial charge in [-0.2, -0.15) is 0 Å². The van der Waals surface area contributed by atoms with Gasteiger partial charge in [-0.05, 0) is 25.4 Å². The van der Waals surface area contributed by atoms with E-state index in [4.69, 9.17) is 17.3 Å². The third kappa shape index (κ3) is 1.23. The van der Waals surface area contributed by atoms with Crippen LogP contribution in [0.2, 0.25) is 5.28 Å². The first-order chi connectivity index (χ1) is 6.61. The first-order valence-corrected chi connectivity index (χ1v) is 4.76. The molecular weight excluding hydrogens is 200 g/mol. The maximum absolute atomic E-state index is 6.00. The predicted molar refractivity (Wildman–Crippen MR) is 57.3 cm³/mol. The molecule has 0 aliphatic heterocycles. The van der Waals surface area contributed by atoms with Crippen molar-refractivity contribution in [1.82, 2.24) is 14.5 Å². The molecule has 0 spiro atoms. The van der Waals surface area contributed by atoms with E-state index in [0.717, 1.165) is 11.0 Å². The summed E-state index contributed by atoms with van der Waals surface area (Å²) in [6.07, 6.45) is 3.27. The Morgan fingerprint density at radius 1 is 1.43 bits per heavy atom. The van der Waals surface area contributed by atoms with E-state index in [1.807, 2.05) is 18.4 Å². The van der Waals surface area contributed by atoms with E-state index in [-0.39, 0.29) is 6.04 Å². The van der Waals surface area contributed by atoms with Crippen LogP contribution in [0.25, 0.3) is 11.0 Å². The topological polar surface area (TPSA) is 56.7 Å². The monoisotopic (exact) mass is 210 g/mol. The van der Waals surface area contributed by atoms with Crippen LogP contribution in [0.1, 0.15) is 19.9 Å². The molecule has 2 N–H and O–H groups in total. The maximum atomic E-state index is 6.00. The zero-order chi connectivity index (χ0) is 10.3. The zero-order valence-corrected chi connectivity index (χ0v) is 8.78. The molecule has 0 atom stereocenters. The van der Waals surface area contributed by atoms with Crippen molar-refractivity contribution in [3.63, 3.8) is 0 Å². The van der Waals surface area contributed by atoms with Crippen LogP contribution in [0.4, 0.5) is 5.69 Å². The summed E-state index contributed by atoms with van der Waals surface area (Å²) in [4.78, 5) is 8.15. The molecule has 0 aliphatic carbocycles. The third-order valence-corrected chi connectivity index (χ3v) is 2.36. The summed E-state index contributed by atoms with van der Waals surface area (Å²) in [5.74, 6) is 0. The van der Waals surface area contributed by atoms with E-state index in [1.54, 1.807) is 12.4 Å². The minimum atomic E-state index is 0.234. The second-order valence-electron chi connectivity index (χ2n) is 3.44. The van der Waals surface area contributed by atoms with Gasteiger partial charge in [0.25, 0.3) is 0 Å². The van der Waals surface area contributed by atoms with E-state index in [9.17, 15) is 0 Å². The number of aromatic nitrogens is 3. The molecule has 0 saturated heterocycles. The van der Waals surface area contributed by atoms with Crippen molar-refractivity contribution in [2.75, 3.05) is 5.73 Å². The van der Waals surface area contributed by atoms with Gasteiger partial charge < -0.3 is 10.3 Å². The molecular formula is C9H11ClN4. The van der Waals surface area contributed by atoms with Gasteiger partial charge in [0.15, 0.2) is 0 Å². The largest absolute Gasteiger partial charge is 0.396 e. The lowest BCUT2D eigenvalue weighted by molar-refractivity contribution is 0.619. The minimum absolute atomic E-state index is 0.234. The molecule has 0 aliphatic rings. The molecule has 0 amide bonds. The summed E-state index contributed by atoms with van der Waals surface area (Å²) >= 11 is 6.00. The molecule has 74 valence electrons. The maximum Gasteiger partial charge on any atom is 0.204 e. The lowest BCUT2D eigenvalue weighted by Crippen LogP contribution is -2.02. The second-order valence-corrected chi connectivity index (χ2v) is 3.78. The summed E-state index contributed by atoms with van der Waals surface area (Å²) < 4.78 is 1.90. The number of halogens is 1. The summed E-state index contributed by atoms with van der Waals surface area (Å²) in [5.41, 5.74) is 8.03. The number of nitrogens with two attached hydrogens (primary N) is 1. The molecule has 0 aromatic carbocycles. The highest BCUT2D eigenvalue weighted by Crippen LogP contribution is 2.27. The summed E-state index contributed by atoms with van der Waals surface area (Å²) in [5, 5.41) is 0.453. The molecule has 2 heterocycles. The van der Waals surface area contributed by atoms with Gasteiger partial charge in [0.1, 0.15) is 5.52 Å². The third-order valence-electron chi connectivity index (χ3n) is 2.10. The van der Waals surface area contributed by atoms with Crippen LogP contribution in [0.15, 0.2) is 12.4 Å². The van der Waals surface area contributed by atoms with Gasteiger partial charge in [-0.25, -0.2) is 4.98 Å². The fourth-order valence-electron chi connectivity index (χ4n) is 1.52. The molecule has 0 radical (unpaired) electrons. The van der Waals surface area contributed by atoms with Crippen LogP contribution in [0.3, 0.4) is 0 Å². The molecule has 0 saturated carbocycles. The number of hydrogen-bond acceptors (Lipinski definition) is 3. The average molecular weight is 211 g/mol. The van der Waals surface area contributed by atoms with Gasteiger partial charge in [-0.1, -0.05) is 0 Å². The Morgan fingerprint density at radius 3 is 2.79 bits per heavy atom. The second kappa shape index (κ2) is 3.13. The summed E-state index contributed by atoms with van der Waals surface area (Å²) in [6.45, 7) is 4.07. The van der Waals surface area contributed by atoms with Crippen molar-refractivity contribution in [3.8, 4) is 0 Å². The zero-order valence-electron chi connectivity index (χ0n) is 8.03. The first-order valence-electron chi connectivity index (χ1n) is 4.38. The Labute approximate surface area is 86.7 Å². The Hall–Kier alpha value is -1.29. The Balaban J connectivity index is 2.86. The van der Waals surface area contributed by atoms with E-state index < -0.39 is 0 Å². The number of anilines is 1. The van der Waals surface area contributed by atoms with E-state index in [0.29, 0.717) is 11.0 Å². The van der Waals surface area contributed by atoms with Crippen molar-refractivity contribution in [1.29, 1.82) is 0 Å².